The van der Waals surface area contributed by atoms with Crippen molar-refractivity contribution in [2.45, 2.75) is 38.8 Å². The summed E-state index contributed by atoms with van der Waals surface area (Å²) in [6, 6.07) is 21.9. The van der Waals surface area contributed by atoms with Gasteiger partial charge in [0.2, 0.25) is 5.91 Å². The van der Waals surface area contributed by atoms with Crippen LogP contribution < -0.4 is 5.32 Å². The number of fused-ring (bicyclic) bond motifs is 1. The minimum atomic E-state index is -0.0979. The molecule has 1 aliphatic rings. The molecule has 4 nitrogen and oxygen atoms in total. The molecule has 0 aromatic heterocycles. The van der Waals surface area contributed by atoms with Crippen molar-refractivity contribution < 1.29 is 9.59 Å². The highest BCUT2D eigenvalue weighted by atomic mass is 16.2. The first-order chi connectivity index (χ1) is 14.1. The first-order valence-electron chi connectivity index (χ1n) is 10.3. The van der Waals surface area contributed by atoms with Gasteiger partial charge in [-0.1, -0.05) is 54.6 Å². The zero-order chi connectivity index (χ0) is 20.2. The maximum absolute atomic E-state index is 12.7. The molecule has 0 radical (unpaired) electrons. The van der Waals surface area contributed by atoms with E-state index in [0.29, 0.717) is 18.5 Å². The molecule has 1 atom stereocenters. The Bertz CT molecular complexity index is 1020. The minimum absolute atomic E-state index is 0.0916. The van der Waals surface area contributed by atoms with E-state index in [2.05, 4.69) is 29.6 Å². The lowest BCUT2D eigenvalue weighted by Crippen LogP contribution is -2.34. The number of benzene rings is 3. The van der Waals surface area contributed by atoms with E-state index in [0.717, 1.165) is 35.9 Å². The molecule has 3 aromatic rings. The summed E-state index contributed by atoms with van der Waals surface area (Å²) in [6.45, 7) is 3.45. The van der Waals surface area contributed by atoms with Crippen LogP contribution in [0.4, 0.5) is 0 Å². The fourth-order valence-electron chi connectivity index (χ4n) is 4.00. The van der Waals surface area contributed by atoms with Gasteiger partial charge in [0, 0.05) is 25.1 Å². The third-order valence-corrected chi connectivity index (χ3v) is 5.65. The summed E-state index contributed by atoms with van der Waals surface area (Å²) in [4.78, 5) is 26.6. The van der Waals surface area contributed by atoms with Crippen molar-refractivity contribution in [1.29, 1.82) is 0 Å². The highest BCUT2D eigenvalue weighted by Crippen LogP contribution is 2.24. The fraction of sp³-hybridized carbons (Fsp3) is 0.280. The number of amides is 2. The topological polar surface area (TPSA) is 49.4 Å². The molecular weight excluding hydrogens is 360 g/mol. The van der Waals surface area contributed by atoms with Gasteiger partial charge in [-0.15, -0.1) is 0 Å². The molecule has 1 fully saturated rings. The van der Waals surface area contributed by atoms with Gasteiger partial charge in [-0.3, -0.25) is 9.59 Å². The zero-order valence-electron chi connectivity index (χ0n) is 16.7. The molecule has 0 saturated carbocycles. The molecule has 0 unspecified atom stereocenters. The molecule has 2 amide bonds. The Morgan fingerprint density at radius 2 is 1.76 bits per heavy atom. The van der Waals surface area contributed by atoms with Crippen molar-refractivity contribution in [2.75, 3.05) is 6.54 Å². The maximum Gasteiger partial charge on any atom is 0.251 e. The summed E-state index contributed by atoms with van der Waals surface area (Å²) in [5.41, 5.74) is 2.79. The lowest BCUT2D eigenvalue weighted by Gasteiger charge is -2.26. The van der Waals surface area contributed by atoms with E-state index in [4.69, 9.17) is 0 Å². The molecule has 29 heavy (non-hydrogen) atoms. The zero-order valence-corrected chi connectivity index (χ0v) is 16.7. The SMILES string of the molecule is C[C@H](NC(=O)c1ccc(CN2CCCCC2=O)cc1)c1cccc2ccccc12. The standard InChI is InChI=1S/C25H26N2O2/c1-18(22-10-6-8-20-7-2-3-9-23(20)22)26-25(29)21-14-12-19(13-15-21)17-27-16-5-4-11-24(27)28/h2-3,6-10,12-15,18H,4-5,11,16-17H2,1H3,(H,26,29)/t18-/m0/s1. The number of hydrogen-bond acceptors (Lipinski definition) is 2. The molecule has 0 spiro atoms. The fourth-order valence-corrected chi connectivity index (χ4v) is 4.00. The number of piperidine rings is 1. The lowest BCUT2D eigenvalue weighted by molar-refractivity contribution is -0.133. The number of hydrogen-bond donors (Lipinski definition) is 1. The Morgan fingerprint density at radius 3 is 2.55 bits per heavy atom. The number of likely N-dealkylation sites (tertiary alicyclic amines) is 1. The Balaban J connectivity index is 1.43. The van der Waals surface area contributed by atoms with E-state index in [-0.39, 0.29) is 17.9 Å². The third kappa shape index (κ3) is 4.32. The molecule has 4 rings (SSSR count). The van der Waals surface area contributed by atoms with Crippen LogP contribution in [-0.4, -0.2) is 23.3 Å². The molecule has 1 heterocycles. The van der Waals surface area contributed by atoms with Crippen molar-refractivity contribution in [3.8, 4) is 0 Å². The molecule has 3 aromatic carbocycles. The molecular formula is C25H26N2O2. The van der Waals surface area contributed by atoms with E-state index in [1.807, 2.05) is 54.3 Å². The predicted molar refractivity (Wildman–Crippen MR) is 116 cm³/mol. The van der Waals surface area contributed by atoms with Crippen molar-refractivity contribution in [3.05, 3.63) is 83.4 Å². The van der Waals surface area contributed by atoms with Crippen molar-refractivity contribution in [1.82, 2.24) is 10.2 Å². The normalized spacial score (nSPS) is 15.3. The average Bonchev–Trinajstić information content (AvgIpc) is 2.75. The summed E-state index contributed by atoms with van der Waals surface area (Å²) in [7, 11) is 0. The summed E-state index contributed by atoms with van der Waals surface area (Å²) in [5.74, 6) is 0.132. The maximum atomic E-state index is 12.7. The number of nitrogens with one attached hydrogen (secondary N) is 1. The van der Waals surface area contributed by atoms with Gasteiger partial charge in [-0.25, -0.2) is 0 Å². The van der Waals surface area contributed by atoms with Gasteiger partial charge < -0.3 is 10.2 Å². The third-order valence-electron chi connectivity index (χ3n) is 5.65. The lowest BCUT2D eigenvalue weighted by atomic mass is 9.99. The smallest absolute Gasteiger partial charge is 0.251 e. The number of nitrogens with zero attached hydrogens (tertiary/aromatic N) is 1. The largest absolute Gasteiger partial charge is 0.345 e. The van der Waals surface area contributed by atoms with Gasteiger partial charge in [0.05, 0.1) is 6.04 Å². The number of carbonyl (C=O) groups excluding carboxylic acids is 2. The Kier molecular flexibility index (Phi) is 5.61. The number of rotatable bonds is 5. The van der Waals surface area contributed by atoms with Crippen LogP contribution in [0.3, 0.4) is 0 Å². The molecule has 1 aliphatic heterocycles. The minimum Gasteiger partial charge on any atom is -0.345 e. The average molecular weight is 386 g/mol. The second-order valence-electron chi connectivity index (χ2n) is 7.73. The second kappa shape index (κ2) is 8.48. The van der Waals surface area contributed by atoms with Crippen LogP contribution in [0, 0.1) is 0 Å². The molecule has 148 valence electrons. The van der Waals surface area contributed by atoms with Crippen LogP contribution in [0.25, 0.3) is 10.8 Å². The van der Waals surface area contributed by atoms with Crippen molar-refractivity contribution in [2.24, 2.45) is 0 Å². The molecule has 1 N–H and O–H groups in total. The predicted octanol–water partition coefficient (Wildman–Crippen LogP) is 4.84. The molecule has 0 aliphatic carbocycles. The quantitative estimate of drug-likeness (QED) is 0.682. The highest BCUT2D eigenvalue weighted by molar-refractivity contribution is 5.95. The van der Waals surface area contributed by atoms with Gasteiger partial charge in [0.1, 0.15) is 0 Å². The Hall–Kier alpha value is -3.14. The van der Waals surface area contributed by atoms with E-state index in [1.54, 1.807) is 0 Å². The van der Waals surface area contributed by atoms with Crippen molar-refractivity contribution >= 4 is 22.6 Å². The van der Waals surface area contributed by atoms with Gasteiger partial charge in [0.15, 0.2) is 0 Å². The van der Waals surface area contributed by atoms with Crippen LogP contribution >= 0.6 is 0 Å². The first kappa shape index (κ1) is 19.2. The summed E-state index contributed by atoms with van der Waals surface area (Å²) in [5, 5.41) is 5.44. The van der Waals surface area contributed by atoms with Gasteiger partial charge in [-0.2, -0.15) is 0 Å². The second-order valence-corrected chi connectivity index (χ2v) is 7.73. The first-order valence-corrected chi connectivity index (χ1v) is 10.3. The van der Waals surface area contributed by atoms with Gasteiger partial charge >= 0.3 is 0 Å². The van der Waals surface area contributed by atoms with E-state index >= 15 is 0 Å². The summed E-state index contributed by atoms with van der Waals surface area (Å²) < 4.78 is 0. The van der Waals surface area contributed by atoms with Crippen LogP contribution in [0.1, 0.15) is 53.7 Å². The van der Waals surface area contributed by atoms with E-state index in [1.165, 1.54) is 5.39 Å². The Morgan fingerprint density at radius 1 is 1.00 bits per heavy atom. The molecule has 0 bridgehead atoms. The van der Waals surface area contributed by atoms with Gasteiger partial charge in [-0.05, 0) is 53.8 Å². The summed E-state index contributed by atoms with van der Waals surface area (Å²) >= 11 is 0. The van der Waals surface area contributed by atoms with Crippen LogP contribution in [-0.2, 0) is 11.3 Å². The van der Waals surface area contributed by atoms with E-state index in [9.17, 15) is 9.59 Å². The molecule has 1 saturated heterocycles. The van der Waals surface area contributed by atoms with Crippen LogP contribution in [0.2, 0.25) is 0 Å². The Labute approximate surface area is 171 Å². The molecule has 4 heteroatoms. The van der Waals surface area contributed by atoms with E-state index < -0.39 is 0 Å². The van der Waals surface area contributed by atoms with Gasteiger partial charge in [0.25, 0.3) is 5.91 Å². The number of carbonyl (C=O) groups is 2. The monoisotopic (exact) mass is 386 g/mol. The highest BCUT2D eigenvalue weighted by Gasteiger charge is 2.18. The van der Waals surface area contributed by atoms with Crippen LogP contribution in [0.15, 0.2) is 66.7 Å². The summed E-state index contributed by atoms with van der Waals surface area (Å²) in [6.07, 6.45) is 2.70. The van der Waals surface area contributed by atoms with Crippen LogP contribution in [0.5, 0.6) is 0 Å². The van der Waals surface area contributed by atoms with Crippen molar-refractivity contribution in [3.63, 3.8) is 0 Å².